The summed E-state index contributed by atoms with van der Waals surface area (Å²) in [6, 6.07) is 14.4. The molecule has 1 amide bonds. The summed E-state index contributed by atoms with van der Waals surface area (Å²) in [5.74, 6) is 0.481. The molecule has 1 aliphatic rings. The molecule has 1 fully saturated rings. The van der Waals surface area contributed by atoms with Crippen LogP contribution in [0.15, 0.2) is 47.8 Å². The summed E-state index contributed by atoms with van der Waals surface area (Å²) >= 11 is 1.71. The highest BCUT2D eigenvalue weighted by atomic mass is 35.5. The van der Waals surface area contributed by atoms with Crippen molar-refractivity contribution >= 4 is 29.7 Å². The SMILES string of the molecule is Cl.N[C@@H]1CN(C(=O)CCc2cccs2)C[C@H]1c1ccccc1. The van der Waals surface area contributed by atoms with Crippen LogP contribution in [0.3, 0.4) is 0 Å². The Morgan fingerprint density at radius 2 is 1.95 bits per heavy atom. The van der Waals surface area contributed by atoms with E-state index in [9.17, 15) is 4.79 Å². The lowest BCUT2D eigenvalue weighted by atomic mass is 9.95. The third-order valence-electron chi connectivity index (χ3n) is 4.11. The average molecular weight is 337 g/mol. The summed E-state index contributed by atoms with van der Waals surface area (Å²) in [5.41, 5.74) is 7.47. The first-order valence-electron chi connectivity index (χ1n) is 7.34. The van der Waals surface area contributed by atoms with E-state index in [1.165, 1.54) is 10.4 Å². The van der Waals surface area contributed by atoms with E-state index in [0.29, 0.717) is 13.0 Å². The van der Waals surface area contributed by atoms with Crippen LogP contribution in [0, 0.1) is 0 Å². The number of benzene rings is 1. The van der Waals surface area contributed by atoms with Crippen LogP contribution in [0.2, 0.25) is 0 Å². The molecule has 3 nitrogen and oxygen atoms in total. The predicted octanol–water partition coefficient (Wildman–Crippen LogP) is 3.06. The first-order chi connectivity index (χ1) is 10.2. The second-order valence-electron chi connectivity index (χ2n) is 5.56. The molecule has 0 unspecified atom stereocenters. The monoisotopic (exact) mass is 336 g/mol. The fourth-order valence-corrected chi connectivity index (χ4v) is 3.64. The summed E-state index contributed by atoms with van der Waals surface area (Å²) in [5, 5.41) is 2.05. The molecule has 1 aromatic heterocycles. The Kier molecular flexibility index (Phi) is 6.00. The van der Waals surface area contributed by atoms with Crippen molar-refractivity contribution in [2.24, 2.45) is 5.73 Å². The number of nitrogens with zero attached hydrogens (tertiary/aromatic N) is 1. The van der Waals surface area contributed by atoms with Gasteiger partial charge >= 0.3 is 0 Å². The lowest BCUT2D eigenvalue weighted by Gasteiger charge is -2.16. The molecule has 2 aromatic rings. The molecular formula is C17H21ClN2OS. The van der Waals surface area contributed by atoms with Gasteiger partial charge in [0.05, 0.1) is 0 Å². The number of halogens is 1. The summed E-state index contributed by atoms with van der Waals surface area (Å²) < 4.78 is 0. The van der Waals surface area contributed by atoms with Crippen molar-refractivity contribution in [2.75, 3.05) is 13.1 Å². The summed E-state index contributed by atoms with van der Waals surface area (Å²) in [7, 11) is 0. The van der Waals surface area contributed by atoms with Gasteiger partial charge in [0.2, 0.25) is 5.91 Å². The maximum atomic E-state index is 12.3. The zero-order valence-electron chi connectivity index (χ0n) is 12.4. The number of hydrogen-bond donors (Lipinski definition) is 1. The van der Waals surface area contributed by atoms with Gasteiger partial charge in [-0.2, -0.15) is 0 Å². The van der Waals surface area contributed by atoms with Gasteiger partial charge in [0.25, 0.3) is 0 Å². The van der Waals surface area contributed by atoms with Gasteiger partial charge in [-0.15, -0.1) is 23.7 Å². The first-order valence-corrected chi connectivity index (χ1v) is 8.22. The van der Waals surface area contributed by atoms with Gasteiger partial charge in [0.1, 0.15) is 0 Å². The van der Waals surface area contributed by atoms with Gasteiger partial charge in [-0.3, -0.25) is 4.79 Å². The lowest BCUT2D eigenvalue weighted by Crippen LogP contribution is -2.32. The van der Waals surface area contributed by atoms with Gasteiger partial charge in [0.15, 0.2) is 0 Å². The van der Waals surface area contributed by atoms with Crippen LogP contribution < -0.4 is 5.73 Å². The minimum Gasteiger partial charge on any atom is -0.340 e. The van der Waals surface area contributed by atoms with Crippen LogP contribution in [0.25, 0.3) is 0 Å². The molecule has 1 saturated heterocycles. The van der Waals surface area contributed by atoms with Gasteiger partial charge in [-0.1, -0.05) is 36.4 Å². The highest BCUT2D eigenvalue weighted by Crippen LogP contribution is 2.27. The van der Waals surface area contributed by atoms with E-state index in [0.717, 1.165) is 13.0 Å². The van der Waals surface area contributed by atoms with E-state index < -0.39 is 0 Å². The van der Waals surface area contributed by atoms with Crippen molar-refractivity contribution in [1.82, 2.24) is 4.90 Å². The molecule has 2 N–H and O–H groups in total. The number of rotatable bonds is 4. The number of carbonyl (C=O) groups excluding carboxylic acids is 1. The molecule has 0 aliphatic carbocycles. The lowest BCUT2D eigenvalue weighted by molar-refractivity contribution is -0.130. The molecule has 22 heavy (non-hydrogen) atoms. The van der Waals surface area contributed by atoms with E-state index in [1.807, 2.05) is 29.2 Å². The maximum absolute atomic E-state index is 12.3. The number of hydrogen-bond acceptors (Lipinski definition) is 3. The number of carbonyl (C=O) groups is 1. The molecular weight excluding hydrogens is 316 g/mol. The highest BCUT2D eigenvalue weighted by molar-refractivity contribution is 7.09. The molecule has 1 aliphatic heterocycles. The summed E-state index contributed by atoms with van der Waals surface area (Å²) in [6.45, 7) is 1.41. The van der Waals surface area contributed by atoms with Crippen LogP contribution >= 0.6 is 23.7 Å². The number of nitrogens with two attached hydrogens (primary N) is 1. The number of likely N-dealkylation sites (tertiary alicyclic amines) is 1. The van der Waals surface area contributed by atoms with Crippen LogP contribution in [-0.4, -0.2) is 29.9 Å². The average Bonchev–Trinajstić information content (AvgIpc) is 3.15. The van der Waals surface area contributed by atoms with E-state index in [1.54, 1.807) is 11.3 Å². The Labute approximate surface area is 141 Å². The van der Waals surface area contributed by atoms with Crippen LogP contribution in [0.1, 0.15) is 22.8 Å². The normalized spacial score (nSPS) is 20.7. The third-order valence-corrected chi connectivity index (χ3v) is 5.05. The Hall–Kier alpha value is -1.36. The molecule has 5 heteroatoms. The summed E-state index contributed by atoms with van der Waals surface area (Å²) in [4.78, 5) is 15.5. The molecule has 0 spiro atoms. The third kappa shape index (κ3) is 3.88. The van der Waals surface area contributed by atoms with Gasteiger partial charge < -0.3 is 10.6 Å². The van der Waals surface area contributed by atoms with Crippen molar-refractivity contribution in [3.8, 4) is 0 Å². The van der Waals surface area contributed by atoms with Crippen LogP contribution in [0.5, 0.6) is 0 Å². The van der Waals surface area contributed by atoms with Gasteiger partial charge in [0, 0.05) is 36.3 Å². The summed E-state index contributed by atoms with van der Waals surface area (Å²) in [6.07, 6.45) is 1.41. The van der Waals surface area contributed by atoms with E-state index in [4.69, 9.17) is 5.73 Å². The van der Waals surface area contributed by atoms with Crippen LogP contribution in [-0.2, 0) is 11.2 Å². The first kappa shape index (κ1) is 17.0. The van der Waals surface area contributed by atoms with Crippen molar-refractivity contribution in [1.29, 1.82) is 0 Å². The Morgan fingerprint density at radius 3 is 2.64 bits per heavy atom. The molecule has 2 heterocycles. The Balaban J connectivity index is 0.00000176. The van der Waals surface area contributed by atoms with Gasteiger partial charge in [-0.05, 0) is 23.4 Å². The highest BCUT2D eigenvalue weighted by Gasteiger charge is 2.33. The molecule has 2 atom stereocenters. The maximum Gasteiger partial charge on any atom is 0.223 e. The van der Waals surface area contributed by atoms with Crippen molar-refractivity contribution in [2.45, 2.75) is 24.8 Å². The topological polar surface area (TPSA) is 46.3 Å². The zero-order valence-corrected chi connectivity index (χ0v) is 14.0. The minimum absolute atomic E-state index is 0. The van der Waals surface area contributed by atoms with E-state index in [-0.39, 0.29) is 30.3 Å². The quantitative estimate of drug-likeness (QED) is 0.932. The fourth-order valence-electron chi connectivity index (χ4n) is 2.93. The van der Waals surface area contributed by atoms with E-state index >= 15 is 0 Å². The van der Waals surface area contributed by atoms with Crippen molar-refractivity contribution in [3.63, 3.8) is 0 Å². The Morgan fingerprint density at radius 1 is 1.18 bits per heavy atom. The molecule has 118 valence electrons. The van der Waals surface area contributed by atoms with E-state index in [2.05, 4.69) is 23.6 Å². The molecule has 0 bridgehead atoms. The second kappa shape index (κ2) is 7.77. The molecule has 0 saturated carbocycles. The van der Waals surface area contributed by atoms with Crippen molar-refractivity contribution < 1.29 is 4.79 Å². The number of thiophene rings is 1. The number of amides is 1. The van der Waals surface area contributed by atoms with Gasteiger partial charge in [-0.25, -0.2) is 0 Å². The number of aryl methyl sites for hydroxylation is 1. The molecule has 0 radical (unpaired) electrons. The zero-order chi connectivity index (χ0) is 14.7. The smallest absolute Gasteiger partial charge is 0.223 e. The van der Waals surface area contributed by atoms with Crippen molar-refractivity contribution in [3.05, 3.63) is 58.3 Å². The Bertz CT molecular complexity index is 588. The molecule has 1 aromatic carbocycles. The van der Waals surface area contributed by atoms with Crippen LogP contribution in [0.4, 0.5) is 0 Å². The fraction of sp³-hybridized carbons (Fsp3) is 0.353. The minimum atomic E-state index is 0. The standard InChI is InChI=1S/C17H20N2OS.ClH/c18-16-12-19(11-15(16)13-5-2-1-3-6-13)17(20)9-8-14-7-4-10-21-14;/h1-7,10,15-16H,8-9,11-12,18H2;1H/t15-,16+;/m0./s1. The largest absolute Gasteiger partial charge is 0.340 e. The second-order valence-corrected chi connectivity index (χ2v) is 6.59. The predicted molar refractivity (Wildman–Crippen MR) is 93.6 cm³/mol. The molecule has 3 rings (SSSR count).